The summed E-state index contributed by atoms with van der Waals surface area (Å²) in [5.74, 6) is -0.760. The van der Waals surface area contributed by atoms with Gasteiger partial charge in [0.1, 0.15) is 5.70 Å². The van der Waals surface area contributed by atoms with E-state index >= 15 is 0 Å². The van der Waals surface area contributed by atoms with Crippen LogP contribution in [0.25, 0.3) is 0 Å². The topological polar surface area (TPSA) is 40.6 Å². The predicted octanol–water partition coefficient (Wildman–Crippen LogP) is 0.160. The van der Waals surface area contributed by atoms with Crippen LogP contribution < -0.4 is 0 Å². The Morgan fingerprint density at radius 3 is 2.79 bits per heavy atom. The lowest BCUT2D eigenvalue weighted by atomic mass is 10.3. The molecule has 1 amide bonds. The van der Waals surface area contributed by atoms with Gasteiger partial charge in [0.15, 0.2) is 12.5 Å². The summed E-state index contributed by atoms with van der Waals surface area (Å²) >= 11 is 0. The fourth-order valence-electron chi connectivity index (χ4n) is 1.33. The van der Waals surface area contributed by atoms with Gasteiger partial charge in [-0.1, -0.05) is 0 Å². The number of Topliss-reactive ketones (excluding diaryl/α,β-unsaturated/α-hetero) is 1. The summed E-state index contributed by atoms with van der Waals surface area (Å²) in [5, 5.41) is 0. The van der Waals surface area contributed by atoms with Crippen molar-refractivity contribution in [3.05, 3.63) is 11.9 Å². The van der Waals surface area contributed by atoms with Crippen LogP contribution in [-0.4, -0.2) is 48.8 Å². The molecule has 4 nitrogen and oxygen atoms in total. The Hall–Kier alpha value is -1.39. The lowest BCUT2D eigenvalue weighted by Gasteiger charge is -2.16. The molecule has 1 saturated heterocycles. The van der Waals surface area contributed by atoms with E-state index in [2.05, 4.69) is 0 Å². The number of rotatable bonds is 2. The molecule has 0 atom stereocenters. The monoisotopic (exact) mass is 200 g/mol. The molecular formula is C9H13FN2O2. The molecule has 0 saturated carbocycles. The van der Waals surface area contributed by atoms with E-state index < -0.39 is 12.6 Å². The number of carbonyl (C=O) groups excluding carboxylic acids is 2. The van der Waals surface area contributed by atoms with Crippen molar-refractivity contribution in [2.24, 2.45) is 0 Å². The molecule has 0 aliphatic carbocycles. The van der Waals surface area contributed by atoms with Crippen LogP contribution in [0.15, 0.2) is 11.9 Å². The lowest BCUT2D eigenvalue weighted by molar-refractivity contribution is -0.130. The molecule has 0 aromatic heterocycles. The third kappa shape index (κ3) is 2.10. The summed E-state index contributed by atoms with van der Waals surface area (Å²) in [6.07, 6.45) is 1.83. The van der Waals surface area contributed by atoms with Crippen molar-refractivity contribution >= 4 is 11.7 Å². The van der Waals surface area contributed by atoms with Crippen LogP contribution in [0.1, 0.15) is 6.42 Å². The first-order valence-electron chi connectivity index (χ1n) is 4.34. The van der Waals surface area contributed by atoms with E-state index in [1.165, 1.54) is 4.90 Å². The highest BCUT2D eigenvalue weighted by Crippen LogP contribution is 2.17. The molecule has 0 radical (unpaired) electrons. The molecule has 5 heteroatoms. The number of carbonyl (C=O) groups is 2. The molecule has 1 aliphatic rings. The molecule has 78 valence electrons. The third-order valence-corrected chi connectivity index (χ3v) is 1.93. The van der Waals surface area contributed by atoms with Crippen LogP contribution in [0.2, 0.25) is 0 Å². The average molecular weight is 200 g/mol. The summed E-state index contributed by atoms with van der Waals surface area (Å²) in [6.45, 7) is -0.765. The molecule has 1 fully saturated rings. The normalized spacial score (nSPS) is 19.2. The first-order valence-corrected chi connectivity index (χ1v) is 4.34. The van der Waals surface area contributed by atoms with E-state index in [9.17, 15) is 14.0 Å². The molecular weight excluding hydrogens is 187 g/mol. The molecule has 0 unspecified atom stereocenters. The maximum absolute atomic E-state index is 12.1. The minimum absolute atomic E-state index is 0.111. The van der Waals surface area contributed by atoms with Crippen LogP contribution in [0.5, 0.6) is 0 Å². The zero-order valence-corrected chi connectivity index (χ0v) is 8.29. The second kappa shape index (κ2) is 4.21. The third-order valence-electron chi connectivity index (χ3n) is 1.93. The Kier molecular flexibility index (Phi) is 3.22. The molecule has 1 aliphatic heterocycles. The summed E-state index contributed by atoms with van der Waals surface area (Å²) in [7, 11) is 3.49. The van der Waals surface area contributed by atoms with Gasteiger partial charge in [0, 0.05) is 33.3 Å². The van der Waals surface area contributed by atoms with Crippen LogP contribution in [0.4, 0.5) is 4.39 Å². The quantitative estimate of drug-likeness (QED) is 0.596. The predicted molar refractivity (Wildman–Crippen MR) is 49.1 cm³/mol. The van der Waals surface area contributed by atoms with Crippen molar-refractivity contribution in [2.75, 3.05) is 27.3 Å². The van der Waals surface area contributed by atoms with Crippen LogP contribution >= 0.6 is 0 Å². The number of likely N-dealkylation sites (tertiary alicyclic amines) is 1. The number of halogens is 1. The van der Waals surface area contributed by atoms with E-state index in [0.29, 0.717) is 6.54 Å². The first kappa shape index (κ1) is 10.7. The highest BCUT2D eigenvalue weighted by molar-refractivity contribution is 6.01. The zero-order valence-electron chi connectivity index (χ0n) is 8.29. The molecule has 0 N–H and O–H groups in total. The van der Waals surface area contributed by atoms with Crippen molar-refractivity contribution < 1.29 is 14.0 Å². The summed E-state index contributed by atoms with van der Waals surface area (Å²) in [4.78, 5) is 25.3. The lowest BCUT2D eigenvalue weighted by Crippen LogP contribution is -2.29. The van der Waals surface area contributed by atoms with Gasteiger partial charge in [-0.15, -0.1) is 0 Å². The number of amides is 1. The summed E-state index contributed by atoms with van der Waals surface area (Å²) < 4.78 is 12.1. The summed E-state index contributed by atoms with van der Waals surface area (Å²) in [5.41, 5.74) is 0.289. The number of hydrogen-bond acceptors (Lipinski definition) is 3. The Bertz CT molecular complexity index is 287. The van der Waals surface area contributed by atoms with E-state index in [1.807, 2.05) is 0 Å². The van der Waals surface area contributed by atoms with Crippen molar-refractivity contribution in [2.45, 2.75) is 6.42 Å². The fourth-order valence-corrected chi connectivity index (χ4v) is 1.33. The molecule has 1 heterocycles. The van der Waals surface area contributed by atoms with E-state index in [-0.39, 0.29) is 17.9 Å². The standard InChI is InChI=1S/C9H13FN2O2/c1-11(2)6-7-8(13)3-4-12(7)9(14)5-10/h6H,3-5H2,1-2H3/b7-6+. The van der Waals surface area contributed by atoms with Gasteiger partial charge < -0.3 is 9.80 Å². The minimum Gasteiger partial charge on any atom is -0.382 e. The maximum atomic E-state index is 12.1. The fraction of sp³-hybridized carbons (Fsp3) is 0.556. The van der Waals surface area contributed by atoms with Gasteiger partial charge in [-0.05, 0) is 0 Å². The highest BCUT2D eigenvalue weighted by Gasteiger charge is 2.30. The van der Waals surface area contributed by atoms with Gasteiger partial charge in [-0.25, -0.2) is 4.39 Å². The number of alkyl halides is 1. The minimum atomic E-state index is -1.06. The van der Waals surface area contributed by atoms with Gasteiger partial charge in [0.2, 0.25) is 0 Å². The Morgan fingerprint density at radius 2 is 2.29 bits per heavy atom. The largest absolute Gasteiger partial charge is 0.382 e. The van der Waals surface area contributed by atoms with Gasteiger partial charge in [0.05, 0.1) is 0 Å². The second-order valence-electron chi connectivity index (χ2n) is 3.33. The van der Waals surface area contributed by atoms with Crippen molar-refractivity contribution in [3.63, 3.8) is 0 Å². The maximum Gasteiger partial charge on any atom is 0.258 e. The van der Waals surface area contributed by atoms with Gasteiger partial charge in [-0.2, -0.15) is 0 Å². The molecule has 0 bridgehead atoms. The van der Waals surface area contributed by atoms with E-state index in [0.717, 1.165) is 0 Å². The van der Waals surface area contributed by atoms with Gasteiger partial charge in [-0.3, -0.25) is 9.59 Å². The van der Waals surface area contributed by atoms with Crippen LogP contribution in [0, 0.1) is 0 Å². The Balaban J connectivity index is 2.87. The summed E-state index contributed by atoms with van der Waals surface area (Å²) in [6, 6.07) is 0. The second-order valence-corrected chi connectivity index (χ2v) is 3.33. The van der Waals surface area contributed by atoms with Crippen molar-refractivity contribution in [1.82, 2.24) is 9.80 Å². The number of ketones is 1. The molecule has 14 heavy (non-hydrogen) atoms. The van der Waals surface area contributed by atoms with Crippen molar-refractivity contribution in [3.8, 4) is 0 Å². The van der Waals surface area contributed by atoms with E-state index in [1.54, 1.807) is 25.2 Å². The number of hydrogen-bond donors (Lipinski definition) is 0. The molecule has 0 aromatic carbocycles. The first-order chi connectivity index (χ1) is 6.56. The Labute approximate surface area is 82.0 Å². The van der Waals surface area contributed by atoms with E-state index in [4.69, 9.17) is 0 Å². The average Bonchev–Trinajstić information content (AvgIpc) is 2.46. The smallest absolute Gasteiger partial charge is 0.258 e. The van der Waals surface area contributed by atoms with Crippen molar-refractivity contribution in [1.29, 1.82) is 0 Å². The van der Waals surface area contributed by atoms with Crippen LogP contribution in [0.3, 0.4) is 0 Å². The Morgan fingerprint density at radius 1 is 1.64 bits per heavy atom. The van der Waals surface area contributed by atoms with Gasteiger partial charge >= 0.3 is 0 Å². The SMILES string of the molecule is CN(C)/C=C1\C(=O)CCN1C(=O)CF. The highest BCUT2D eigenvalue weighted by atomic mass is 19.1. The molecule has 1 rings (SSSR count). The van der Waals surface area contributed by atoms with Crippen LogP contribution in [-0.2, 0) is 9.59 Å². The molecule has 0 aromatic rings. The number of allylic oxidation sites excluding steroid dienone is 1. The molecule has 0 spiro atoms. The number of nitrogens with zero attached hydrogens (tertiary/aromatic N) is 2. The zero-order chi connectivity index (χ0) is 10.7. The van der Waals surface area contributed by atoms with Gasteiger partial charge in [0.25, 0.3) is 5.91 Å².